The smallest absolute Gasteiger partial charge is 0.269 e. The van der Waals surface area contributed by atoms with Crippen LogP contribution in [0.1, 0.15) is 33.1 Å². The van der Waals surface area contributed by atoms with Crippen LogP contribution >= 0.6 is 0 Å². The van der Waals surface area contributed by atoms with Crippen LogP contribution in [0.2, 0.25) is 0 Å². The first-order valence-electron chi connectivity index (χ1n) is 4.06. The minimum absolute atomic E-state index is 0.160. The van der Waals surface area contributed by atoms with Gasteiger partial charge < -0.3 is 0 Å². The van der Waals surface area contributed by atoms with Crippen molar-refractivity contribution in [1.82, 2.24) is 0 Å². The Bertz CT molecular complexity index is 185. The number of unbranched alkanes of at least 4 members (excludes halogenated alkanes) is 1. The first-order valence-corrected chi connectivity index (χ1v) is 4.06. The minimum atomic E-state index is -0.532. The third-order valence-corrected chi connectivity index (χ3v) is 1.03. The van der Waals surface area contributed by atoms with Crippen LogP contribution in [-0.4, -0.2) is 12.1 Å². The Balaban J connectivity index is 3.26. The van der Waals surface area contributed by atoms with E-state index < -0.39 is 5.97 Å². The van der Waals surface area contributed by atoms with Gasteiger partial charge in [-0.15, -0.1) is 0 Å². The molecule has 0 rings (SSSR count). The van der Waals surface area contributed by atoms with Crippen molar-refractivity contribution < 1.29 is 19.6 Å². The highest BCUT2D eigenvalue weighted by Gasteiger charge is 2.04. The fraction of sp³-hybridized carbons (Fsp3) is 0.750. The summed E-state index contributed by atoms with van der Waals surface area (Å²) in [5.74, 6) is -0.532. The molecule has 0 aromatic heterocycles. The standard InChI is InChI=1S/C8H13NO4/c1-7(2)11-13-12-8(10)5-3-4-6-9/h7H,3-5H2,1-2H3. The largest absolute Gasteiger partial charge is 0.345 e. The van der Waals surface area contributed by atoms with Crippen molar-refractivity contribution in [3.63, 3.8) is 0 Å². The molecule has 0 aliphatic rings. The number of nitriles is 1. The zero-order valence-corrected chi connectivity index (χ0v) is 7.78. The molecule has 74 valence electrons. The van der Waals surface area contributed by atoms with Crippen LogP contribution in [0.3, 0.4) is 0 Å². The Kier molecular flexibility index (Phi) is 6.88. The van der Waals surface area contributed by atoms with E-state index in [0.29, 0.717) is 12.8 Å². The minimum Gasteiger partial charge on any atom is -0.269 e. The van der Waals surface area contributed by atoms with E-state index in [1.807, 2.05) is 6.07 Å². The van der Waals surface area contributed by atoms with E-state index in [-0.39, 0.29) is 12.5 Å². The second-order valence-corrected chi connectivity index (χ2v) is 2.68. The molecule has 0 unspecified atom stereocenters. The molecule has 0 radical (unpaired) electrons. The number of nitrogens with zero attached hydrogens (tertiary/aromatic N) is 1. The van der Waals surface area contributed by atoms with Crippen molar-refractivity contribution in [2.75, 3.05) is 0 Å². The molecule has 5 nitrogen and oxygen atoms in total. The predicted octanol–water partition coefficient (Wildman–Crippen LogP) is 1.50. The van der Waals surface area contributed by atoms with Gasteiger partial charge in [0.2, 0.25) is 0 Å². The van der Waals surface area contributed by atoms with Gasteiger partial charge in [-0.2, -0.15) is 10.1 Å². The molecule has 0 fully saturated rings. The number of hydrogen-bond acceptors (Lipinski definition) is 5. The van der Waals surface area contributed by atoms with E-state index in [1.165, 1.54) is 0 Å². The number of carbonyl (C=O) groups is 1. The fourth-order valence-electron chi connectivity index (χ4n) is 0.490. The van der Waals surface area contributed by atoms with Gasteiger partial charge in [-0.25, -0.2) is 4.79 Å². The van der Waals surface area contributed by atoms with Gasteiger partial charge >= 0.3 is 5.97 Å². The molecular weight excluding hydrogens is 174 g/mol. The second-order valence-electron chi connectivity index (χ2n) is 2.68. The summed E-state index contributed by atoms with van der Waals surface area (Å²) in [6, 6.07) is 1.92. The average Bonchev–Trinajstić information content (AvgIpc) is 2.04. The maximum atomic E-state index is 10.8. The number of hydrogen-bond donors (Lipinski definition) is 0. The van der Waals surface area contributed by atoms with E-state index in [2.05, 4.69) is 14.8 Å². The molecule has 0 spiro atoms. The molecule has 0 atom stereocenters. The van der Waals surface area contributed by atoms with Gasteiger partial charge in [0, 0.05) is 12.8 Å². The lowest BCUT2D eigenvalue weighted by molar-refractivity contribution is -0.498. The molecule has 5 heteroatoms. The van der Waals surface area contributed by atoms with Crippen molar-refractivity contribution in [2.45, 2.75) is 39.2 Å². The molecule has 0 N–H and O–H groups in total. The third kappa shape index (κ3) is 8.79. The molecule has 0 aromatic carbocycles. The highest BCUT2D eigenvalue weighted by molar-refractivity contribution is 5.68. The summed E-state index contributed by atoms with van der Waals surface area (Å²) < 4.78 is 0. The molecular formula is C8H13NO4. The first-order chi connectivity index (χ1) is 6.16. The molecule has 0 aliphatic carbocycles. The highest BCUT2D eigenvalue weighted by Crippen LogP contribution is 1.98. The second kappa shape index (κ2) is 7.53. The average molecular weight is 187 g/mol. The van der Waals surface area contributed by atoms with Gasteiger partial charge in [0.15, 0.2) is 0 Å². The molecule has 0 aromatic rings. The van der Waals surface area contributed by atoms with Gasteiger partial charge in [-0.05, 0) is 25.3 Å². The molecule has 0 amide bonds. The summed E-state index contributed by atoms with van der Waals surface area (Å²) >= 11 is 0. The summed E-state index contributed by atoms with van der Waals surface area (Å²) in [6.07, 6.45) is 0.808. The van der Waals surface area contributed by atoms with Gasteiger partial charge in [-0.1, -0.05) is 0 Å². The lowest BCUT2D eigenvalue weighted by Crippen LogP contribution is -2.09. The quantitative estimate of drug-likeness (QED) is 0.358. The molecule has 13 heavy (non-hydrogen) atoms. The Morgan fingerprint density at radius 2 is 2.23 bits per heavy atom. The summed E-state index contributed by atoms with van der Waals surface area (Å²) in [5, 5.41) is 12.3. The number of rotatable bonds is 6. The lowest BCUT2D eigenvalue weighted by atomic mass is 10.2. The highest BCUT2D eigenvalue weighted by atomic mass is 17.5. The van der Waals surface area contributed by atoms with Gasteiger partial charge in [0.05, 0.1) is 12.2 Å². The summed E-state index contributed by atoms with van der Waals surface area (Å²) in [4.78, 5) is 19.5. The lowest BCUT2D eigenvalue weighted by Gasteiger charge is -2.03. The molecule has 0 heterocycles. The van der Waals surface area contributed by atoms with Gasteiger partial charge in [-0.3, -0.25) is 4.89 Å². The van der Waals surface area contributed by atoms with E-state index in [0.717, 1.165) is 0 Å². The topological polar surface area (TPSA) is 68.6 Å². The Labute approximate surface area is 77.0 Å². The van der Waals surface area contributed by atoms with E-state index in [9.17, 15) is 4.79 Å². The Hall–Kier alpha value is -1.12. The van der Waals surface area contributed by atoms with Crippen molar-refractivity contribution in [3.05, 3.63) is 0 Å². The van der Waals surface area contributed by atoms with E-state index in [1.54, 1.807) is 13.8 Å². The maximum Gasteiger partial charge on any atom is 0.345 e. The van der Waals surface area contributed by atoms with Crippen LogP contribution in [0.5, 0.6) is 0 Å². The van der Waals surface area contributed by atoms with Gasteiger partial charge in [0.1, 0.15) is 0 Å². The van der Waals surface area contributed by atoms with Crippen molar-refractivity contribution in [1.29, 1.82) is 5.26 Å². The number of carbonyl (C=O) groups excluding carboxylic acids is 1. The zero-order chi connectivity index (χ0) is 10.1. The van der Waals surface area contributed by atoms with Crippen LogP contribution in [0.4, 0.5) is 0 Å². The first kappa shape index (κ1) is 11.9. The third-order valence-electron chi connectivity index (χ3n) is 1.03. The SMILES string of the molecule is CC(C)OOOC(=O)CCCC#N. The summed E-state index contributed by atoms with van der Waals surface area (Å²) in [7, 11) is 0. The van der Waals surface area contributed by atoms with Gasteiger partial charge in [0.25, 0.3) is 0 Å². The van der Waals surface area contributed by atoms with Crippen LogP contribution in [0.25, 0.3) is 0 Å². The van der Waals surface area contributed by atoms with Crippen LogP contribution in [0, 0.1) is 11.3 Å². The van der Waals surface area contributed by atoms with Crippen molar-refractivity contribution >= 4 is 5.97 Å². The van der Waals surface area contributed by atoms with E-state index >= 15 is 0 Å². The van der Waals surface area contributed by atoms with Crippen LogP contribution in [-0.2, 0) is 19.6 Å². The molecule has 0 aliphatic heterocycles. The Morgan fingerprint density at radius 3 is 2.77 bits per heavy atom. The summed E-state index contributed by atoms with van der Waals surface area (Å²) in [6.45, 7) is 3.48. The maximum absolute atomic E-state index is 10.8. The zero-order valence-electron chi connectivity index (χ0n) is 7.78. The monoisotopic (exact) mass is 187 g/mol. The molecule has 0 bridgehead atoms. The van der Waals surface area contributed by atoms with Crippen molar-refractivity contribution in [3.8, 4) is 6.07 Å². The molecule has 0 saturated carbocycles. The molecule has 0 saturated heterocycles. The normalized spacial score (nSPS) is 9.69. The Morgan fingerprint density at radius 1 is 1.54 bits per heavy atom. The predicted molar refractivity (Wildman–Crippen MR) is 42.9 cm³/mol. The van der Waals surface area contributed by atoms with E-state index in [4.69, 9.17) is 5.26 Å². The van der Waals surface area contributed by atoms with Crippen LogP contribution < -0.4 is 0 Å². The fourth-order valence-corrected chi connectivity index (χ4v) is 0.490. The summed E-state index contributed by atoms with van der Waals surface area (Å²) in [5.41, 5.74) is 0. The van der Waals surface area contributed by atoms with Crippen molar-refractivity contribution in [2.24, 2.45) is 0 Å². The van der Waals surface area contributed by atoms with Crippen LogP contribution in [0.15, 0.2) is 0 Å².